The first kappa shape index (κ1) is 14.2. The van der Waals surface area contributed by atoms with Crippen molar-refractivity contribution >= 4 is 0 Å². The SMILES string of the molecule is CCN(CC)[C@@H]1CNCc2cc(OC)cc(OC)c21. The molecule has 0 amide bonds. The fraction of sp³-hybridized carbons (Fsp3) is 0.600. The second-order valence-corrected chi connectivity index (χ2v) is 4.77. The first-order valence-corrected chi connectivity index (χ1v) is 6.94. The van der Waals surface area contributed by atoms with E-state index in [1.54, 1.807) is 14.2 Å². The normalized spacial score (nSPS) is 18.3. The highest BCUT2D eigenvalue weighted by atomic mass is 16.5. The largest absolute Gasteiger partial charge is 0.497 e. The van der Waals surface area contributed by atoms with Crippen LogP contribution in [0.3, 0.4) is 0 Å². The van der Waals surface area contributed by atoms with Gasteiger partial charge in [0, 0.05) is 24.7 Å². The number of ether oxygens (including phenoxy) is 2. The molecule has 1 aliphatic heterocycles. The number of hydrogen-bond acceptors (Lipinski definition) is 4. The molecule has 0 aromatic heterocycles. The molecule has 106 valence electrons. The van der Waals surface area contributed by atoms with Gasteiger partial charge in [-0.25, -0.2) is 0 Å². The molecule has 0 saturated carbocycles. The molecule has 1 heterocycles. The first-order chi connectivity index (χ1) is 9.24. The summed E-state index contributed by atoms with van der Waals surface area (Å²) in [5.41, 5.74) is 2.59. The molecule has 1 aromatic carbocycles. The highest BCUT2D eigenvalue weighted by molar-refractivity contribution is 5.49. The van der Waals surface area contributed by atoms with Crippen LogP contribution in [-0.2, 0) is 6.54 Å². The standard InChI is InChI=1S/C15H24N2O2/c1-5-17(6-2)13-10-16-9-11-7-12(18-3)8-14(19-4)15(11)13/h7-8,13,16H,5-6,9-10H2,1-4H3/t13-/m1/s1. The summed E-state index contributed by atoms with van der Waals surface area (Å²) in [6, 6.07) is 4.47. The first-order valence-electron chi connectivity index (χ1n) is 6.94. The molecule has 0 radical (unpaired) electrons. The van der Waals surface area contributed by atoms with Crippen molar-refractivity contribution in [1.82, 2.24) is 10.2 Å². The minimum Gasteiger partial charge on any atom is -0.497 e. The van der Waals surface area contributed by atoms with Crippen LogP contribution < -0.4 is 14.8 Å². The third-order valence-electron chi connectivity index (χ3n) is 3.90. The lowest BCUT2D eigenvalue weighted by atomic mass is 9.94. The van der Waals surface area contributed by atoms with E-state index in [4.69, 9.17) is 9.47 Å². The molecule has 19 heavy (non-hydrogen) atoms. The number of likely N-dealkylation sites (N-methyl/N-ethyl adjacent to an activating group) is 1. The van der Waals surface area contributed by atoms with Crippen molar-refractivity contribution in [1.29, 1.82) is 0 Å². The van der Waals surface area contributed by atoms with Crippen LogP contribution in [-0.4, -0.2) is 38.8 Å². The van der Waals surface area contributed by atoms with Gasteiger partial charge >= 0.3 is 0 Å². The Balaban J connectivity index is 2.47. The topological polar surface area (TPSA) is 33.7 Å². The van der Waals surface area contributed by atoms with Gasteiger partial charge < -0.3 is 14.8 Å². The van der Waals surface area contributed by atoms with Crippen molar-refractivity contribution in [2.24, 2.45) is 0 Å². The predicted molar refractivity (Wildman–Crippen MR) is 76.9 cm³/mol. The molecule has 1 aromatic rings. The third-order valence-corrected chi connectivity index (χ3v) is 3.90. The number of methoxy groups -OCH3 is 2. The smallest absolute Gasteiger partial charge is 0.127 e. The Labute approximate surface area is 115 Å². The quantitative estimate of drug-likeness (QED) is 0.884. The molecule has 0 spiro atoms. The number of hydrogen-bond donors (Lipinski definition) is 1. The van der Waals surface area contributed by atoms with E-state index in [-0.39, 0.29) is 0 Å². The minimum absolute atomic E-state index is 0.375. The summed E-state index contributed by atoms with van der Waals surface area (Å²) in [7, 11) is 3.43. The van der Waals surface area contributed by atoms with Crippen molar-refractivity contribution in [2.75, 3.05) is 33.9 Å². The highest BCUT2D eigenvalue weighted by Crippen LogP contribution is 2.37. The summed E-state index contributed by atoms with van der Waals surface area (Å²) in [5, 5.41) is 3.49. The van der Waals surface area contributed by atoms with Gasteiger partial charge in [0.1, 0.15) is 11.5 Å². The predicted octanol–water partition coefficient (Wildman–Crippen LogP) is 2.19. The van der Waals surface area contributed by atoms with Crippen molar-refractivity contribution in [3.8, 4) is 11.5 Å². The van der Waals surface area contributed by atoms with Gasteiger partial charge in [0.25, 0.3) is 0 Å². The zero-order chi connectivity index (χ0) is 13.8. The number of benzene rings is 1. The van der Waals surface area contributed by atoms with Crippen LogP contribution in [0.15, 0.2) is 12.1 Å². The second kappa shape index (κ2) is 6.26. The van der Waals surface area contributed by atoms with Gasteiger partial charge in [-0.15, -0.1) is 0 Å². The van der Waals surface area contributed by atoms with Crippen molar-refractivity contribution in [3.63, 3.8) is 0 Å². The van der Waals surface area contributed by atoms with E-state index < -0.39 is 0 Å². The van der Waals surface area contributed by atoms with E-state index in [1.165, 1.54) is 11.1 Å². The Morgan fingerprint density at radius 1 is 1.21 bits per heavy atom. The molecule has 4 heteroatoms. The Morgan fingerprint density at radius 3 is 2.53 bits per heavy atom. The third kappa shape index (κ3) is 2.69. The van der Waals surface area contributed by atoms with Gasteiger partial charge in [0.05, 0.1) is 20.3 Å². The zero-order valence-corrected chi connectivity index (χ0v) is 12.3. The van der Waals surface area contributed by atoms with Crippen molar-refractivity contribution < 1.29 is 9.47 Å². The summed E-state index contributed by atoms with van der Waals surface area (Å²) in [4.78, 5) is 2.46. The molecular formula is C15H24N2O2. The summed E-state index contributed by atoms with van der Waals surface area (Å²) in [6.45, 7) is 8.33. The lowest BCUT2D eigenvalue weighted by Crippen LogP contribution is -2.39. The molecule has 1 aliphatic rings. The van der Waals surface area contributed by atoms with Gasteiger partial charge in [0.2, 0.25) is 0 Å². The Bertz CT molecular complexity index is 413. The maximum absolute atomic E-state index is 5.59. The summed E-state index contributed by atoms with van der Waals surface area (Å²) >= 11 is 0. The summed E-state index contributed by atoms with van der Waals surface area (Å²) < 4.78 is 10.9. The van der Waals surface area contributed by atoms with Gasteiger partial charge in [-0.3, -0.25) is 4.90 Å². The Kier molecular flexibility index (Phi) is 4.66. The van der Waals surface area contributed by atoms with E-state index in [9.17, 15) is 0 Å². The van der Waals surface area contributed by atoms with Crippen LogP contribution in [0.2, 0.25) is 0 Å². The number of fused-ring (bicyclic) bond motifs is 1. The van der Waals surface area contributed by atoms with Crippen LogP contribution in [0.25, 0.3) is 0 Å². The lowest BCUT2D eigenvalue weighted by molar-refractivity contribution is 0.199. The molecule has 0 bridgehead atoms. The maximum atomic E-state index is 5.59. The molecule has 2 rings (SSSR count). The lowest BCUT2D eigenvalue weighted by Gasteiger charge is -2.36. The number of nitrogens with zero attached hydrogens (tertiary/aromatic N) is 1. The Hall–Kier alpha value is -1.26. The van der Waals surface area contributed by atoms with Gasteiger partial charge in [-0.1, -0.05) is 13.8 Å². The molecule has 0 saturated heterocycles. The fourth-order valence-corrected chi connectivity index (χ4v) is 2.89. The summed E-state index contributed by atoms with van der Waals surface area (Å²) in [6.07, 6.45) is 0. The van der Waals surface area contributed by atoms with Crippen LogP contribution in [0.5, 0.6) is 11.5 Å². The van der Waals surface area contributed by atoms with Gasteiger partial charge in [-0.2, -0.15) is 0 Å². The monoisotopic (exact) mass is 264 g/mol. The maximum Gasteiger partial charge on any atom is 0.127 e. The van der Waals surface area contributed by atoms with Gasteiger partial charge in [-0.05, 0) is 24.7 Å². The van der Waals surface area contributed by atoms with Crippen LogP contribution >= 0.6 is 0 Å². The molecule has 1 N–H and O–H groups in total. The van der Waals surface area contributed by atoms with Crippen molar-refractivity contribution in [2.45, 2.75) is 26.4 Å². The highest BCUT2D eigenvalue weighted by Gasteiger charge is 2.28. The zero-order valence-electron chi connectivity index (χ0n) is 12.3. The van der Waals surface area contributed by atoms with Crippen LogP contribution in [0, 0.1) is 0 Å². The molecule has 0 unspecified atom stereocenters. The van der Waals surface area contributed by atoms with E-state index in [0.717, 1.165) is 37.7 Å². The van der Waals surface area contributed by atoms with Crippen molar-refractivity contribution in [3.05, 3.63) is 23.3 Å². The molecule has 1 atom stereocenters. The number of rotatable bonds is 5. The molecule has 0 fully saturated rings. The average Bonchev–Trinajstić information content (AvgIpc) is 2.47. The second-order valence-electron chi connectivity index (χ2n) is 4.77. The van der Waals surface area contributed by atoms with Gasteiger partial charge in [0.15, 0.2) is 0 Å². The molecular weight excluding hydrogens is 240 g/mol. The molecule has 4 nitrogen and oxygen atoms in total. The van der Waals surface area contributed by atoms with Crippen LogP contribution in [0.4, 0.5) is 0 Å². The fourth-order valence-electron chi connectivity index (χ4n) is 2.89. The van der Waals surface area contributed by atoms with Crippen LogP contribution in [0.1, 0.15) is 31.0 Å². The number of nitrogens with one attached hydrogen (secondary N) is 1. The van der Waals surface area contributed by atoms with E-state index >= 15 is 0 Å². The van der Waals surface area contributed by atoms with E-state index in [1.807, 2.05) is 6.07 Å². The average molecular weight is 264 g/mol. The molecule has 0 aliphatic carbocycles. The van der Waals surface area contributed by atoms with E-state index in [0.29, 0.717) is 6.04 Å². The van der Waals surface area contributed by atoms with E-state index in [2.05, 4.69) is 30.1 Å². The Morgan fingerprint density at radius 2 is 1.95 bits per heavy atom. The minimum atomic E-state index is 0.375. The summed E-state index contributed by atoms with van der Waals surface area (Å²) in [5.74, 6) is 1.80.